The van der Waals surface area contributed by atoms with Crippen molar-refractivity contribution in [3.05, 3.63) is 0 Å². The van der Waals surface area contributed by atoms with Crippen LogP contribution in [0, 0.1) is 17.8 Å². The van der Waals surface area contributed by atoms with Gasteiger partial charge in [-0.2, -0.15) is 0 Å². The number of carbonyl (C=O) groups excluding carboxylic acids is 1. The molecule has 0 spiro atoms. The van der Waals surface area contributed by atoms with Crippen molar-refractivity contribution in [2.75, 3.05) is 20.1 Å². The third-order valence-electron chi connectivity index (χ3n) is 4.85. The molecule has 2 aliphatic rings. The fourth-order valence-corrected chi connectivity index (χ4v) is 3.28. The van der Waals surface area contributed by atoms with Gasteiger partial charge in [-0.25, -0.2) is 4.79 Å². The summed E-state index contributed by atoms with van der Waals surface area (Å²) in [5, 5.41) is 12.1. The van der Waals surface area contributed by atoms with Gasteiger partial charge in [-0.1, -0.05) is 19.3 Å². The summed E-state index contributed by atoms with van der Waals surface area (Å²) < 4.78 is 0. The zero-order valence-electron chi connectivity index (χ0n) is 12.3. The Labute approximate surface area is 120 Å². The van der Waals surface area contributed by atoms with Gasteiger partial charge in [0, 0.05) is 20.1 Å². The molecule has 5 heteroatoms. The van der Waals surface area contributed by atoms with E-state index in [0.717, 1.165) is 32.2 Å². The Morgan fingerprint density at radius 1 is 1.15 bits per heavy atom. The van der Waals surface area contributed by atoms with Crippen LogP contribution >= 0.6 is 0 Å². The number of rotatable bonds is 5. The van der Waals surface area contributed by atoms with E-state index in [1.54, 1.807) is 4.90 Å². The summed E-state index contributed by atoms with van der Waals surface area (Å²) in [6.45, 7) is 1.31. The molecule has 114 valence electrons. The maximum Gasteiger partial charge on any atom is 0.317 e. The molecule has 0 aromatic rings. The van der Waals surface area contributed by atoms with Crippen LogP contribution in [-0.2, 0) is 4.79 Å². The van der Waals surface area contributed by atoms with Crippen LogP contribution in [0.5, 0.6) is 0 Å². The molecule has 0 aromatic heterocycles. The van der Waals surface area contributed by atoms with Crippen LogP contribution < -0.4 is 5.32 Å². The number of hydrogen-bond acceptors (Lipinski definition) is 2. The highest BCUT2D eigenvalue weighted by molar-refractivity contribution is 5.74. The molecule has 2 amide bonds. The lowest BCUT2D eigenvalue weighted by Crippen LogP contribution is -2.44. The first kappa shape index (κ1) is 15.1. The van der Waals surface area contributed by atoms with Crippen molar-refractivity contribution in [3.63, 3.8) is 0 Å². The molecule has 2 rings (SSSR count). The number of aliphatic carboxylic acids is 1. The molecule has 0 saturated heterocycles. The summed E-state index contributed by atoms with van der Waals surface area (Å²) in [6, 6.07) is -0.0633. The normalized spacial score (nSPS) is 26.6. The summed E-state index contributed by atoms with van der Waals surface area (Å²) in [7, 11) is 1.82. The van der Waals surface area contributed by atoms with E-state index in [1.807, 2.05) is 7.05 Å². The maximum absolute atomic E-state index is 12.0. The topological polar surface area (TPSA) is 69.6 Å². The molecule has 20 heavy (non-hydrogen) atoms. The molecule has 2 N–H and O–H groups in total. The van der Waals surface area contributed by atoms with E-state index in [2.05, 4.69) is 5.32 Å². The molecule has 2 aliphatic carbocycles. The quantitative estimate of drug-likeness (QED) is 0.813. The molecule has 2 atom stereocenters. The van der Waals surface area contributed by atoms with Crippen LogP contribution in [0.4, 0.5) is 4.79 Å². The first-order valence-electron chi connectivity index (χ1n) is 7.79. The van der Waals surface area contributed by atoms with E-state index in [-0.39, 0.29) is 17.9 Å². The van der Waals surface area contributed by atoms with Crippen LogP contribution in [0.2, 0.25) is 0 Å². The molecule has 0 bridgehead atoms. The first-order valence-corrected chi connectivity index (χ1v) is 7.79. The Hall–Kier alpha value is -1.26. The second-order valence-electron chi connectivity index (χ2n) is 6.35. The van der Waals surface area contributed by atoms with E-state index in [1.165, 1.54) is 19.3 Å². The van der Waals surface area contributed by atoms with Crippen molar-refractivity contribution >= 4 is 12.0 Å². The third-order valence-corrected chi connectivity index (χ3v) is 4.85. The Bertz CT molecular complexity index is 355. The van der Waals surface area contributed by atoms with Crippen molar-refractivity contribution in [2.45, 2.75) is 44.9 Å². The van der Waals surface area contributed by atoms with Crippen molar-refractivity contribution < 1.29 is 14.7 Å². The molecular weight excluding hydrogens is 256 g/mol. The van der Waals surface area contributed by atoms with Crippen molar-refractivity contribution in [1.29, 1.82) is 0 Å². The van der Waals surface area contributed by atoms with Gasteiger partial charge in [0.05, 0.1) is 5.92 Å². The average molecular weight is 282 g/mol. The minimum Gasteiger partial charge on any atom is -0.481 e. The minimum absolute atomic E-state index is 0.0633. The fourth-order valence-electron chi connectivity index (χ4n) is 3.28. The average Bonchev–Trinajstić information content (AvgIpc) is 2.40. The van der Waals surface area contributed by atoms with Crippen molar-refractivity contribution in [3.8, 4) is 0 Å². The standard InChI is InChI=1S/C15H26N2O3/c1-17(10-11-5-4-6-11)15(20)16-9-12-7-2-3-8-13(12)14(18)19/h11-13H,2-10H2,1H3,(H,16,20)(H,18,19). The molecule has 2 saturated carbocycles. The monoisotopic (exact) mass is 282 g/mol. The van der Waals surface area contributed by atoms with Crippen LogP contribution in [-0.4, -0.2) is 42.1 Å². The summed E-state index contributed by atoms with van der Waals surface area (Å²) >= 11 is 0. The lowest BCUT2D eigenvalue weighted by atomic mass is 9.79. The number of carbonyl (C=O) groups is 2. The summed E-state index contributed by atoms with van der Waals surface area (Å²) in [4.78, 5) is 25.0. The van der Waals surface area contributed by atoms with Gasteiger partial charge in [0.2, 0.25) is 0 Å². The van der Waals surface area contributed by atoms with E-state index in [0.29, 0.717) is 12.5 Å². The molecule has 2 fully saturated rings. The van der Waals surface area contributed by atoms with Gasteiger partial charge in [-0.05, 0) is 37.5 Å². The number of nitrogens with zero attached hydrogens (tertiary/aromatic N) is 1. The largest absolute Gasteiger partial charge is 0.481 e. The molecule has 2 unspecified atom stereocenters. The summed E-state index contributed by atoms with van der Waals surface area (Å²) in [5.41, 5.74) is 0. The zero-order valence-corrected chi connectivity index (χ0v) is 12.3. The highest BCUT2D eigenvalue weighted by Crippen LogP contribution is 2.30. The van der Waals surface area contributed by atoms with Gasteiger partial charge in [0.15, 0.2) is 0 Å². The Balaban J connectivity index is 1.74. The van der Waals surface area contributed by atoms with E-state index >= 15 is 0 Å². The van der Waals surface area contributed by atoms with Crippen LogP contribution in [0.1, 0.15) is 44.9 Å². The van der Waals surface area contributed by atoms with Gasteiger partial charge >= 0.3 is 12.0 Å². The van der Waals surface area contributed by atoms with Gasteiger partial charge in [0.25, 0.3) is 0 Å². The number of hydrogen-bond donors (Lipinski definition) is 2. The smallest absolute Gasteiger partial charge is 0.317 e. The van der Waals surface area contributed by atoms with Crippen molar-refractivity contribution in [1.82, 2.24) is 10.2 Å². The second-order valence-corrected chi connectivity index (χ2v) is 6.35. The zero-order chi connectivity index (χ0) is 14.5. The predicted molar refractivity (Wildman–Crippen MR) is 76.5 cm³/mol. The fraction of sp³-hybridized carbons (Fsp3) is 0.867. The summed E-state index contributed by atoms with van der Waals surface area (Å²) in [5.74, 6) is -0.262. The van der Waals surface area contributed by atoms with E-state index in [4.69, 9.17) is 0 Å². The van der Waals surface area contributed by atoms with Gasteiger partial charge in [-0.15, -0.1) is 0 Å². The maximum atomic E-state index is 12.0. The van der Waals surface area contributed by atoms with E-state index in [9.17, 15) is 14.7 Å². The molecule has 0 radical (unpaired) electrons. The highest BCUT2D eigenvalue weighted by atomic mass is 16.4. The number of carboxylic acids is 1. The molecular formula is C15H26N2O3. The minimum atomic E-state index is -0.716. The second kappa shape index (κ2) is 6.95. The summed E-state index contributed by atoms with van der Waals surface area (Å²) in [6.07, 6.45) is 7.44. The van der Waals surface area contributed by atoms with E-state index < -0.39 is 5.97 Å². The SMILES string of the molecule is CN(CC1CCC1)C(=O)NCC1CCCCC1C(=O)O. The lowest BCUT2D eigenvalue weighted by Gasteiger charge is -2.32. The lowest BCUT2D eigenvalue weighted by molar-refractivity contribution is -0.144. The highest BCUT2D eigenvalue weighted by Gasteiger charge is 2.31. The van der Waals surface area contributed by atoms with Gasteiger partial charge in [-0.3, -0.25) is 4.79 Å². The van der Waals surface area contributed by atoms with Crippen LogP contribution in [0.25, 0.3) is 0 Å². The molecule has 0 aromatic carbocycles. The number of nitrogens with one attached hydrogen (secondary N) is 1. The molecule has 0 heterocycles. The Morgan fingerprint density at radius 2 is 1.85 bits per heavy atom. The Kier molecular flexibility index (Phi) is 5.26. The van der Waals surface area contributed by atoms with Crippen LogP contribution in [0.15, 0.2) is 0 Å². The molecule has 0 aliphatic heterocycles. The predicted octanol–water partition coefficient (Wildman–Crippen LogP) is 2.32. The number of carboxylic acid groups (broad SMARTS) is 1. The van der Waals surface area contributed by atoms with Gasteiger partial charge in [0.1, 0.15) is 0 Å². The Morgan fingerprint density at radius 3 is 2.45 bits per heavy atom. The van der Waals surface area contributed by atoms with Gasteiger partial charge < -0.3 is 15.3 Å². The third kappa shape index (κ3) is 3.87. The molecule has 5 nitrogen and oxygen atoms in total. The number of amides is 2. The van der Waals surface area contributed by atoms with Crippen LogP contribution in [0.3, 0.4) is 0 Å². The van der Waals surface area contributed by atoms with Crippen molar-refractivity contribution in [2.24, 2.45) is 17.8 Å². The first-order chi connectivity index (χ1) is 9.58. The number of urea groups is 1.